The highest BCUT2D eigenvalue weighted by Crippen LogP contribution is 2.39. The summed E-state index contributed by atoms with van der Waals surface area (Å²) in [5, 5.41) is 4.57. The number of nitrogens with zero attached hydrogens (tertiary/aromatic N) is 5. The number of imidazole rings is 1. The molecule has 0 radical (unpaired) electrons. The zero-order valence-electron chi connectivity index (χ0n) is 14.3. The number of benzene rings is 1. The van der Waals surface area contributed by atoms with Crippen LogP contribution in [0.15, 0.2) is 33.8 Å². The molecule has 1 aliphatic carbocycles. The molecule has 1 fully saturated rings. The van der Waals surface area contributed by atoms with Crippen molar-refractivity contribution in [1.82, 2.24) is 24.1 Å². The van der Waals surface area contributed by atoms with Gasteiger partial charge in [0.2, 0.25) is 0 Å². The first kappa shape index (κ1) is 15.6. The summed E-state index contributed by atoms with van der Waals surface area (Å²) in [6.45, 7) is 3.91. The molecule has 7 nitrogen and oxygen atoms in total. The zero-order chi connectivity index (χ0) is 18.0. The molecule has 1 saturated carbocycles. The van der Waals surface area contributed by atoms with E-state index in [-0.39, 0.29) is 17.5 Å². The second kappa shape index (κ2) is 5.41. The number of aromatic nitrogens is 5. The molecule has 3 heterocycles. The summed E-state index contributed by atoms with van der Waals surface area (Å²) >= 11 is 6.41. The maximum Gasteiger partial charge on any atom is 0.278 e. The third-order valence-corrected chi connectivity index (χ3v) is 5.06. The van der Waals surface area contributed by atoms with Crippen molar-refractivity contribution in [2.24, 2.45) is 0 Å². The molecule has 0 spiro atoms. The second-order valence-electron chi connectivity index (χ2n) is 6.92. The summed E-state index contributed by atoms with van der Waals surface area (Å²) in [7, 11) is 0. The fraction of sp³-hybridized carbons (Fsp3) is 0.333. The first-order valence-corrected chi connectivity index (χ1v) is 8.98. The average Bonchev–Trinajstić information content (AvgIpc) is 3.17. The van der Waals surface area contributed by atoms with Crippen LogP contribution in [0.3, 0.4) is 0 Å². The normalized spacial score (nSPS) is 14.8. The minimum Gasteiger partial charge on any atom is -0.332 e. The lowest BCUT2D eigenvalue weighted by Crippen LogP contribution is -2.25. The quantitative estimate of drug-likeness (QED) is 0.548. The predicted molar refractivity (Wildman–Crippen MR) is 97.6 cm³/mol. The highest BCUT2D eigenvalue weighted by Gasteiger charge is 2.30. The molecule has 0 bridgehead atoms. The Kier molecular flexibility index (Phi) is 3.24. The van der Waals surface area contributed by atoms with Crippen molar-refractivity contribution in [3.63, 3.8) is 0 Å². The Bertz CT molecular complexity index is 1220. The molecule has 0 amide bonds. The molecule has 4 aromatic rings. The van der Waals surface area contributed by atoms with Gasteiger partial charge in [0.1, 0.15) is 11.8 Å². The second-order valence-corrected chi connectivity index (χ2v) is 7.33. The van der Waals surface area contributed by atoms with E-state index in [1.54, 1.807) is 21.4 Å². The molecule has 0 N–H and O–H groups in total. The highest BCUT2D eigenvalue weighted by atomic mass is 35.5. The number of hydrogen-bond acceptors (Lipinski definition) is 5. The van der Waals surface area contributed by atoms with Crippen molar-refractivity contribution in [2.75, 3.05) is 0 Å². The van der Waals surface area contributed by atoms with Gasteiger partial charge in [-0.15, -0.1) is 0 Å². The van der Waals surface area contributed by atoms with Gasteiger partial charge in [0.25, 0.3) is 11.4 Å². The Morgan fingerprint density at radius 3 is 2.81 bits per heavy atom. The minimum atomic E-state index is -0.181. The lowest BCUT2D eigenvalue weighted by molar-refractivity contribution is 0.422. The molecule has 0 aliphatic heterocycles. The summed E-state index contributed by atoms with van der Waals surface area (Å²) < 4.78 is 8.84. The minimum absolute atomic E-state index is 0.0673. The first-order valence-electron chi connectivity index (χ1n) is 8.60. The van der Waals surface area contributed by atoms with E-state index >= 15 is 0 Å². The zero-order valence-corrected chi connectivity index (χ0v) is 15.1. The van der Waals surface area contributed by atoms with Gasteiger partial charge in [-0.25, -0.2) is 4.98 Å². The Hall–Kier alpha value is -2.67. The topological polar surface area (TPSA) is 78.2 Å². The molecule has 5 rings (SSSR count). The van der Waals surface area contributed by atoms with Gasteiger partial charge in [-0.3, -0.25) is 9.20 Å². The van der Waals surface area contributed by atoms with Crippen LogP contribution < -0.4 is 5.56 Å². The summed E-state index contributed by atoms with van der Waals surface area (Å²) in [4.78, 5) is 22.2. The summed E-state index contributed by atoms with van der Waals surface area (Å²) in [6, 6.07) is 5.49. The van der Waals surface area contributed by atoms with E-state index in [4.69, 9.17) is 16.1 Å². The van der Waals surface area contributed by atoms with Gasteiger partial charge >= 0.3 is 0 Å². The van der Waals surface area contributed by atoms with Gasteiger partial charge in [0.05, 0.1) is 16.1 Å². The molecule has 26 heavy (non-hydrogen) atoms. The molecular weight excluding hydrogens is 354 g/mol. The van der Waals surface area contributed by atoms with E-state index in [9.17, 15) is 4.79 Å². The Morgan fingerprint density at radius 1 is 1.27 bits per heavy atom. The number of hydrogen-bond donors (Lipinski definition) is 0. The molecule has 1 aromatic carbocycles. The average molecular weight is 370 g/mol. The molecular formula is C18H16ClN5O2. The molecule has 8 heteroatoms. The monoisotopic (exact) mass is 369 g/mol. The van der Waals surface area contributed by atoms with Crippen molar-refractivity contribution in [3.05, 3.63) is 45.7 Å². The molecule has 3 aromatic heterocycles. The molecule has 1 aliphatic rings. The molecule has 132 valence electrons. The van der Waals surface area contributed by atoms with Crippen LogP contribution in [0.1, 0.15) is 44.5 Å². The van der Waals surface area contributed by atoms with Gasteiger partial charge in [-0.05, 0) is 38.8 Å². The van der Waals surface area contributed by atoms with Crippen LogP contribution in [0.4, 0.5) is 0 Å². The van der Waals surface area contributed by atoms with Gasteiger partial charge < -0.3 is 9.09 Å². The summed E-state index contributed by atoms with van der Waals surface area (Å²) in [6.07, 6.45) is 3.76. The van der Waals surface area contributed by atoms with E-state index < -0.39 is 0 Å². The van der Waals surface area contributed by atoms with Crippen LogP contribution in [-0.2, 0) is 0 Å². The van der Waals surface area contributed by atoms with Crippen LogP contribution in [0.25, 0.3) is 28.1 Å². The van der Waals surface area contributed by atoms with Gasteiger partial charge in [-0.1, -0.05) is 22.8 Å². The van der Waals surface area contributed by atoms with Crippen molar-refractivity contribution >= 4 is 28.2 Å². The Morgan fingerprint density at radius 2 is 2.08 bits per heavy atom. The predicted octanol–water partition coefficient (Wildman–Crippen LogP) is 3.81. The van der Waals surface area contributed by atoms with Gasteiger partial charge in [-0.2, -0.15) is 4.98 Å². The van der Waals surface area contributed by atoms with E-state index in [0.717, 1.165) is 18.4 Å². The Balaban J connectivity index is 1.87. The lowest BCUT2D eigenvalue weighted by Gasteiger charge is -2.16. The summed E-state index contributed by atoms with van der Waals surface area (Å²) in [5.41, 5.74) is 2.14. The maximum atomic E-state index is 13.3. The van der Waals surface area contributed by atoms with E-state index in [1.807, 2.05) is 26.0 Å². The molecule has 0 unspecified atom stereocenters. The first-order chi connectivity index (χ1) is 12.6. The Labute approximate surface area is 153 Å². The number of para-hydroxylation sites is 1. The third-order valence-electron chi connectivity index (χ3n) is 4.76. The van der Waals surface area contributed by atoms with Crippen molar-refractivity contribution in [3.8, 4) is 11.6 Å². The van der Waals surface area contributed by atoms with Crippen LogP contribution >= 0.6 is 11.6 Å². The number of halogens is 1. The molecule has 0 saturated heterocycles. The van der Waals surface area contributed by atoms with Crippen LogP contribution in [0.2, 0.25) is 5.02 Å². The number of rotatable bonds is 3. The van der Waals surface area contributed by atoms with Crippen LogP contribution in [-0.4, -0.2) is 24.1 Å². The van der Waals surface area contributed by atoms with Crippen molar-refractivity contribution in [2.45, 2.75) is 38.6 Å². The van der Waals surface area contributed by atoms with Crippen molar-refractivity contribution in [1.29, 1.82) is 0 Å². The fourth-order valence-electron chi connectivity index (χ4n) is 3.38. The SMILES string of the molecule is CC(C)n1c(=O)c2c(-c3nc(C4CC4)no3)ncn2c2cccc(Cl)c21. The highest BCUT2D eigenvalue weighted by molar-refractivity contribution is 6.35. The van der Waals surface area contributed by atoms with E-state index in [2.05, 4.69) is 15.1 Å². The van der Waals surface area contributed by atoms with Crippen molar-refractivity contribution < 1.29 is 4.52 Å². The lowest BCUT2D eigenvalue weighted by atomic mass is 10.2. The van der Waals surface area contributed by atoms with Gasteiger partial charge in [0, 0.05) is 12.0 Å². The largest absolute Gasteiger partial charge is 0.332 e. The third kappa shape index (κ3) is 2.13. The smallest absolute Gasteiger partial charge is 0.278 e. The van der Waals surface area contributed by atoms with Crippen LogP contribution in [0.5, 0.6) is 0 Å². The van der Waals surface area contributed by atoms with E-state index in [0.29, 0.717) is 33.5 Å². The van der Waals surface area contributed by atoms with Crippen LogP contribution in [0, 0.1) is 0 Å². The number of fused-ring (bicyclic) bond motifs is 3. The molecule has 0 atom stereocenters. The van der Waals surface area contributed by atoms with E-state index in [1.165, 1.54) is 0 Å². The fourth-order valence-corrected chi connectivity index (χ4v) is 3.64. The summed E-state index contributed by atoms with van der Waals surface area (Å²) in [5.74, 6) is 1.34. The van der Waals surface area contributed by atoms with Gasteiger partial charge in [0.15, 0.2) is 11.5 Å². The standard InChI is InChI=1S/C18H16ClN5O2/c1-9(2)24-14-11(19)4-3-5-12(14)23-8-20-13(15(23)18(24)25)17-21-16(22-26-17)10-6-7-10/h3-5,8-10H,6-7H2,1-2H3. The maximum absolute atomic E-state index is 13.3.